The van der Waals surface area contributed by atoms with E-state index in [1.165, 1.54) is 32.1 Å². The Morgan fingerprint density at radius 3 is 2.26 bits per heavy atom. The molecule has 1 aromatic rings. The largest absolute Gasteiger partial charge is 0.271 e. The van der Waals surface area contributed by atoms with E-state index in [1.807, 2.05) is 18.2 Å². The molecule has 1 unspecified atom stereocenters. The third-order valence-corrected chi connectivity index (χ3v) is 5.09. The Kier molecular flexibility index (Phi) is 5.52. The second kappa shape index (κ2) is 6.94. The van der Waals surface area contributed by atoms with Crippen LogP contribution in [0.1, 0.15) is 50.6 Å². The van der Waals surface area contributed by atoms with Crippen LogP contribution in [0.5, 0.6) is 0 Å². The lowest BCUT2D eigenvalue weighted by molar-refractivity contribution is 0.219. The summed E-state index contributed by atoms with van der Waals surface area (Å²) in [5, 5.41) is 1.40. The quantitative estimate of drug-likeness (QED) is 0.624. The van der Waals surface area contributed by atoms with Crippen LogP contribution in [0.2, 0.25) is 10.0 Å². The predicted molar refractivity (Wildman–Crippen MR) is 82.3 cm³/mol. The molecule has 106 valence electrons. The number of hydrogen-bond acceptors (Lipinski definition) is 2. The van der Waals surface area contributed by atoms with Crippen molar-refractivity contribution in [2.75, 3.05) is 0 Å². The normalized spacial score (nSPS) is 25.3. The number of hydrazine groups is 1. The zero-order chi connectivity index (χ0) is 13.8. The highest BCUT2D eigenvalue weighted by Gasteiger charge is 2.29. The average Bonchev–Trinajstić information content (AvgIpc) is 2.43. The lowest BCUT2D eigenvalue weighted by atomic mass is 9.76. The maximum atomic E-state index is 6.30. The van der Waals surface area contributed by atoms with E-state index in [1.54, 1.807) is 0 Å². The van der Waals surface area contributed by atoms with E-state index < -0.39 is 0 Å². The predicted octanol–water partition coefficient (Wildman–Crippen LogP) is 4.71. The lowest BCUT2D eigenvalue weighted by Crippen LogP contribution is -2.35. The van der Waals surface area contributed by atoms with Crippen molar-refractivity contribution < 1.29 is 0 Å². The summed E-state index contributed by atoms with van der Waals surface area (Å²) in [6.45, 7) is 2.27. The van der Waals surface area contributed by atoms with E-state index >= 15 is 0 Å². The highest BCUT2D eigenvalue weighted by atomic mass is 35.5. The van der Waals surface area contributed by atoms with E-state index in [9.17, 15) is 0 Å². The Hall–Kier alpha value is -0.280. The first-order valence-electron chi connectivity index (χ1n) is 7.07. The molecule has 1 saturated carbocycles. The van der Waals surface area contributed by atoms with Gasteiger partial charge in [0.15, 0.2) is 0 Å². The first kappa shape index (κ1) is 15.1. The molecule has 0 spiro atoms. The fourth-order valence-corrected chi connectivity index (χ4v) is 3.83. The highest BCUT2D eigenvalue weighted by Crippen LogP contribution is 2.41. The van der Waals surface area contributed by atoms with Gasteiger partial charge in [0.2, 0.25) is 0 Å². The molecule has 0 aromatic heterocycles. The first-order valence-corrected chi connectivity index (χ1v) is 7.83. The van der Waals surface area contributed by atoms with Crippen molar-refractivity contribution in [3.05, 3.63) is 33.8 Å². The third-order valence-electron chi connectivity index (χ3n) is 4.43. The zero-order valence-corrected chi connectivity index (χ0v) is 12.8. The fourth-order valence-electron chi connectivity index (χ4n) is 3.19. The molecule has 0 radical (unpaired) electrons. The van der Waals surface area contributed by atoms with Gasteiger partial charge in [-0.15, -0.1) is 0 Å². The minimum atomic E-state index is 0.0546. The minimum Gasteiger partial charge on any atom is -0.271 e. The van der Waals surface area contributed by atoms with Crippen LogP contribution >= 0.6 is 23.2 Å². The van der Waals surface area contributed by atoms with E-state index in [2.05, 4.69) is 12.3 Å². The molecule has 0 bridgehead atoms. The number of rotatable bonds is 4. The summed E-state index contributed by atoms with van der Waals surface area (Å²) in [6.07, 6.45) is 6.22. The Labute approximate surface area is 125 Å². The molecule has 2 rings (SSSR count). The first-order chi connectivity index (χ1) is 9.17. The van der Waals surface area contributed by atoms with Crippen molar-refractivity contribution in [3.63, 3.8) is 0 Å². The van der Waals surface area contributed by atoms with Crippen molar-refractivity contribution in [1.29, 1.82) is 0 Å². The molecule has 1 fully saturated rings. The van der Waals surface area contributed by atoms with Gasteiger partial charge in [-0.2, -0.15) is 0 Å². The SMILES string of the molecule is CCC1CCC(C(NN)c2c(Cl)cccc2Cl)CC1. The Morgan fingerprint density at radius 1 is 1.21 bits per heavy atom. The zero-order valence-electron chi connectivity index (χ0n) is 11.3. The van der Waals surface area contributed by atoms with Crippen molar-refractivity contribution in [3.8, 4) is 0 Å². The van der Waals surface area contributed by atoms with E-state index in [-0.39, 0.29) is 6.04 Å². The number of nitrogens with one attached hydrogen (secondary N) is 1. The molecule has 1 aromatic carbocycles. The molecular weight excluding hydrogens is 279 g/mol. The van der Waals surface area contributed by atoms with Gasteiger partial charge in [0.1, 0.15) is 0 Å². The summed E-state index contributed by atoms with van der Waals surface area (Å²) in [5.74, 6) is 7.16. The summed E-state index contributed by atoms with van der Waals surface area (Å²) in [7, 11) is 0. The molecule has 0 heterocycles. The Bertz CT molecular complexity index is 394. The van der Waals surface area contributed by atoms with Crippen LogP contribution in [0.15, 0.2) is 18.2 Å². The average molecular weight is 301 g/mol. The third kappa shape index (κ3) is 3.43. The van der Waals surface area contributed by atoms with E-state index in [0.717, 1.165) is 11.5 Å². The molecule has 0 aliphatic heterocycles. The van der Waals surface area contributed by atoms with Crippen molar-refractivity contribution in [2.24, 2.45) is 17.7 Å². The number of nitrogens with two attached hydrogens (primary N) is 1. The van der Waals surface area contributed by atoms with Gasteiger partial charge in [0.05, 0.1) is 6.04 Å². The molecule has 2 nitrogen and oxygen atoms in total. The van der Waals surface area contributed by atoms with Gasteiger partial charge < -0.3 is 0 Å². The summed E-state index contributed by atoms with van der Waals surface area (Å²) in [6, 6.07) is 5.68. The van der Waals surface area contributed by atoms with Gasteiger partial charge in [-0.1, -0.05) is 55.5 Å². The van der Waals surface area contributed by atoms with Crippen molar-refractivity contribution in [2.45, 2.75) is 45.1 Å². The molecule has 0 saturated heterocycles. The standard InChI is InChI=1S/C15H22Cl2N2/c1-2-10-6-8-11(9-7-10)15(19-18)14-12(16)4-3-5-13(14)17/h3-5,10-11,15,19H,2,6-9,18H2,1H3. The van der Waals surface area contributed by atoms with Crippen LogP contribution in [0, 0.1) is 11.8 Å². The molecule has 1 aliphatic carbocycles. The Morgan fingerprint density at radius 2 is 1.79 bits per heavy atom. The van der Waals surface area contributed by atoms with Gasteiger partial charge >= 0.3 is 0 Å². The number of hydrogen-bond donors (Lipinski definition) is 2. The summed E-state index contributed by atoms with van der Waals surface area (Å²) in [5.41, 5.74) is 3.89. The van der Waals surface area contributed by atoms with Crippen LogP contribution in [0.3, 0.4) is 0 Å². The van der Waals surface area contributed by atoms with Gasteiger partial charge in [-0.05, 0) is 36.8 Å². The summed E-state index contributed by atoms with van der Waals surface area (Å²) < 4.78 is 0. The second-order valence-corrected chi connectivity index (χ2v) is 6.28. The molecule has 1 aliphatic rings. The van der Waals surface area contributed by atoms with E-state index in [4.69, 9.17) is 29.0 Å². The van der Waals surface area contributed by atoms with Gasteiger partial charge in [0, 0.05) is 15.6 Å². The van der Waals surface area contributed by atoms with Gasteiger partial charge in [-0.25, -0.2) is 0 Å². The summed E-state index contributed by atoms with van der Waals surface area (Å²) in [4.78, 5) is 0. The maximum absolute atomic E-state index is 6.30. The smallest absolute Gasteiger partial charge is 0.0517 e. The van der Waals surface area contributed by atoms with Crippen LogP contribution < -0.4 is 11.3 Å². The molecule has 19 heavy (non-hydrogen) atoms. The van der Waals surface area contributed by atoms with Crippen molar-refractivity contribution >= 4 is 23.2 Å². The van der Waals surface area contributed by atoms with Crippen molar-refractivity contribution in [1.82, 2.24) is 5.43 Å². The van der Waals surface area contributed by atoms with Crippen LogP contribution in [-0.4, -0.2) is 0 Å². The number of benzene rings is 1. The van der Waals surface area contributed by atoms with Crippen LogP contribution in [0.4, 0.5) is 0 Å². The van der Waals surface area contributed by atoms with Gasteiger partial charge in [0.25, 0.3) is 0 Å². The second-order valence-electron chi connectivity index (χ2n) is 5.47. The Balaban J connectivity index is 2.17. The highest BCUT2D eigenvalue weighted by molar-refractivity contribution is 6.36. The summed E-state index contributed by atoms with van der Waals surface area (Å²) >= 11 is 12.6. The topological polar surface area (TPSA) is 38.0 Å². The number of halogens is 2. The maximum Gasteiger partial charge on any atom is 0.0517 e. The minimum absolute atomic E-state index is 0.0546. The molecular formula is C15H22Cl2N2. The monoisotopic (exact) mass is 300 g/mol. The van der Waals surface area contributed by atoms with E-state index in [0.29, 0.717) is 16.0 Å². The van der Waals surface area contributed by atoms with Gasteiger partial charge in [-0.3, -0.25) is 11.3 Å². The molecule has 0 amide bonds. The molecule has 4 heteroatoms. The van der Waals surface area contributed by atoms with Crippen LogP contribution in [-0.2, 0) is 0 Å². The molecule has 1 atom stereocenters. The lowest BCUT2D eigenvalue weighted by Gasteiger charge is -2.34. The van der Waals surface area contributed by atoms with Crippen LogP contribution in [0.25, 0.3) is 0 Å². The molecule has 3 N–H and O–H groups in total. The fraction of sp³-hybridized carbons (Fsp3) is 0.600.